The van der Waals surface area contributed by atoms with Gasteiger partial charge in [-0.15, -0.1) is 0 Å². The number of halogens is 3. The van der Waals surface area contributed by atoms with Crippen molar-refractivity contribution >= 4 is 16.7 Å². The summed E-state index contributed by atoms with van der Waals surface area (Å²) in [5.41, 5.74) is -0.487. The van der Waals surface area contributed by atoms with Crippen LogP contribution in [0.2, 0.25) is 0 Å². The van der Waals surface area contributed by atoms with E-state index in [-0.39, 0.29) is 11.3 Å². The van der Waals surface area contributed by atoms with Crippen LogP contribution in [0.1, 0.15) is 5.69 Å². The smallest absolute Gasteiger partial charge is 0.422 e. The Kier molecular flexibility index (Phi) is 4.35. The van der Waals surface area contributed by atoms with Gasteiger partial charge in [0.05, 0.1) is 11.3 Å². The topological polar surface area (TPSA) is 58.4 Å². The fraction of sp³-hybridized carbons (Fsp3) is 0.263. The van der Waals surface area contributed by atoms with Crippen LogP contribution in [0, 0.1) is 0 Å². The Morgan fingerprint density at radius 3 is 2.59 bits per heavy atom. The maximum absolute atomic E-state index is 12.9. The highest BCUT2D eigenvalue weighted by Crippen LogP contribution is 2.30. The minimum absolute atomic E-state index is 0.00326. The second-order valence-corrected chi connectivity index (χ2v) is 6.31. The molecule has 1 aliphatic heterocycles. The highest BCUT2D eigenvalue weighted by molar-refractivity contribution is 5.84. The van der Waals surface area contributed by atoms with Gasteiger partial charge in [0.25, 0.3) is 0 Å². The number of rotatable bonds is 2. The number of benzene rings is 1. The minimum Gasteiger partial charge on any atom is -0.422 e. The predicted molar refractivity (Wildman–Crippen MR) is 95.8 cm³/mol. The lowest BCUT2D eigenvalue weighted by atomic mass is 10.1. The number of hydrogen-bond donors (Lipinski definition) is 1. The van der Waals surface area contributed by atoms with Crippen LogP contribution in [0.15, 0.2) is 51.7 Å². The van der Waals surface area contributed by atoms with Crippen LogP contribution in [-0.4, -0.2) is 31.2 Å². The van der Waals surface area contributed by atoms with E-state index in [4.69, 9.17) is 4.42 Å². The predicted octanol–water partition coefficient (Wildman–Crippen LogP) is 3.28. The fourth-order valence-electron chi connectivity index (χ4n) is 3.14. The molecular weight excluding hydrogens is 359 g/mol. The van der Waals surface area contributed by atoms with Crippen molar-refractivity contribution in [3.05, 3.63) is 58.6 Å². The second-order valence-electron chi connectivity index (χ2n) is 6.31. The van der Waals surface area contributed by atoms with Gasteiger partial charge in [0.15, 0.2) is 0 Å². The summed E-state index contributed by atoms with van der Waals surface area (Å²) in [5.74, 6) is 0. The first-order valence-corrected chi connectivity index (χ1v) is 8.50. The molecular formula is C19H16F3N3O2. The molecule has 140 valence electrons. The van der Waals surface area contributed by atoms with E-state index >= 15 is 0 Å². The standard InChI is InChI=1S/C19H16F3N3O2/c20-19(21,22)17-3-1-2-15(24-17)14-10-12-4-5-13(11-16(12)27-18(14)26)25-8-6-23-7-9-25/h1-5,10-11,23H,6-9H2. The van der Waals surface area contributed by atoms with E-state index in [1.807, 2.05) is 6.07 Å². The first-order valence-electron chi connectivity index (χ1n) is 8.50. The van der Waals surface area contributed by atoms with Gasteiger partial charge in [-0.1, -0.05) is 6.07 Å². The number of anilines is 1. The van der Waals surface area contributed by atoms with Crippen molar-refractivity contribution in [2.75, 3.05) is 31.1 Å². The summed E-state index contributed by atoms with van der Waals surface area (Å²) in [5, 5.41) is 3.90. The quantitative estimate of drug-likeness (QED) is 0.697. The summed E-state index contributed by atoms with van der Waals surface area (Å²) in [4.78, 5) is 18.1. The average Bonchev–Trinajstić information content (AvgIpc) is 2.67. The third kappa shape index (κ3) is 3.52. The Hall–Kier alpha value is -2.87. The molecule has 0 amide bonds. The minimum atomic E-state index is -4.58. The summed E-state index contributed by atoms with van der Waals surface area (Å²) in [6.07, 6.45) is -4.58. The molecule has 4 rings (SSSR count). The molecule has 0 aliphatic carbocycles. The first kappa shape index (κ1) is 17.5. The van der Waals surface area contributed by atoms with Crippen molar-refractivity contribution in [1.29, 1.82) is 0 Å². The molecule has 2 aromatic heterocycles. The van der Waals surface area contributed by atoms with Crippen LogP contribution in [0.4, 0.5) is 18.9 Å². The highest BCUT2D eigenvalue weighted by atomic mass is 19.4. The Bertz CT molecular complexity index is 1040. The number of pyridine rings is 1. The van der Waals surface area contributed by atoms with Crippen LogP contribution >= 0.6 is 0 Å². The van der Waals surface area contributed by atoms with Gasteiger partial charge in [-0.05, 0) is 30.3 Å². The molecule has 1 fully saturated rings. The molecule has 0 radical (unpaired) electrons. The van der Waals surface area contributed by atoms with E-state index in [9.17, 15) is 18.0 Å². The molecule has 1 saturated heterocycles. The monoisotopic (exact) mass is 375 g/mol. The van der Waals surface area contributed by atoms with Gasteiger partial charge in [0, 0.05) is 43.3 Å². The Labute approximate surface area is 152 Å². The molecule has 3 aromatic rings. The third-order valence-electron chi connectivity index (χ3n) is 4.52. The van der Waals surface area contributed by atoms with Gasteiger partial charge < -0.3 is 14.6 Å². The lowest BCUT2D eigenvalue weighted by molar-refractivity contribution is -0.141. The zero-order valence-corrected chi connectivity index (χ0v) is 14.2. The largest absolute Gasteiger partial charge is 0.433 e. The van der Waals surface area contributed by atoms with E-state index < -0.39 is 17.5 Å². The SMILES string of the molecule is O=c1oc2cc(N3CCNCC3)ccc2cc1-c1cccc(C(F)(F)F)n1. The number of fused-ring (bicyclic) bond motifs is 1. The summed E-state index contributed by atoms with van der Waals surface area (Å²) in [7, 11) is 0. The van der Waals surface area contributed by atoms with Crippen molar-refractivity contribution in [2.45, 2.75) is 6.18 Å². The van der Waals surface area contributed by atoms with E-state index in [0.29, 0.717) is 11.0 Å². The van der Waals surface area contributed by atoms with E-state index in [1.54, 1.807) is 12.1 Å². The van der Waals surface area contributed by atoms with Crippen LogP contribution in [0.25, 0.3) is 22.2 Å². The van der Waals surface area contributed by atoms with Gasteiger partial charge in [-0.2, -0.15) is 13.2 Å². The molecule has 0 bridgehead atoms. The third-order valence-corrected chi connectivity index (χ3v) is 4.52. The molecule has 0 spiro atoms. The highest BCUT2D eigenvalue weighted by Gasteiger charge is 2.32. The number of hydrogen-bond acceptors (Lipinski definition) is 5. The molecule has 27 heavy (non-hydrogen) atoms. The van der Waals surface area contributed by atoms with Crippen LogP contribution in [0.5, 0.6) is 0 Å². The van der Waals surface area contributed by atoms with Crippen molar-refractivity contribution < 1.29 is 17.6 Å². The Morgan fingerprint density at radius 1 is 1.07 bits per heavy atom. The van der Waals surface area contributed by atoms with Crippen LogP contribution < -0.4 is 15.8 Å². The van der Waals surface area contributed by atoms with Crippen molar-refractivity contribution in [2.24, 2.45) is 0 Å². The average molecular weight is 375 g/mol. The van der Waals surface area contributed by atoms with Crippen molar-refractivity contribution in [3.8, 4) is 11.3 Å². The van der Waals surface area contributed by atoms with E-state index in [1.165, 1.54) is 18.2 Å². The van der Waals surface area contributed by atoms with E-state index in [2.05, 4.69) is 15.2 Å². The molecule has 1 aromatic carbocycles. The molecule has 1 aliphatic rings. The maximum atomic E-state index is 12.9. The summed E-state index contributed by atoms with van der Waals surface area (Å²) in [6.45, 7) is 3.45. The molecule has 5 nitrogen and oxygen atoms in total. The number of nitrogens with one attached hydrogen (secondary N) is 1. The number of aromatic nitrogens is 1. The number of nitrogens with zero attached hydrogens (tertiary/aromatic N) is 2. The summed E-state index contributed by atoms with van der Waals surface area (Å²) < 4.78 is 44.0. The van der Waals surface area contributed by atoms with Gasteiger partial charge in [-0.3, -0.25) is 0 Å². The lowest BCUT2D eigenvalue weighted by Gasteiger charge is -2.29. The fourth-order valence-corrected chi connectivity index (χ4v) is 3.14. The van der Waals surface area contributed by atoms with Crippen LogP contribution in [0.3, 0.4) is 0 Å². The molecule has 0 saturated carbocycles. The molecule has 0 atom stereocenters. The summed E-state index contributed by atoms with van der Waals surface area (Å²) >= 11 is 0. The van der Waals surface area contributed by atoms with Gasteiger partial charge in [0.1, 0.15) is 11.3 Å². The van der Waals surface area contributed by atoms with Crippen molar-refractivity contribution in [1.82, 2.24) is 10.3 Å². The van der Waals surface area contributed by atoms with Gasteiger partial charge >= 0.3 is 11.8 Å². The van der Waals surface area contributed by atoms with Crippen molar-refractivity contribution in [3.63, 3.8) is 0 Å². The van der Waals surface area contributed by atoms with Gasteiger partial charge in [0.2, 0.25) is 0 Å². The summed E-state index contributed by atoms with van der Waals surface area (Å²) in [6, 6.07) is 10.5. The maximum Gasteiger partial charge on any atom is 0.433 e. The van der Waals surface area contributed by atoms with E-state index in [0.717, 1.165) is 37.9 Å². The Morgan fingerprint density at radius 2 is 1.85 bits per heavy atom. The Balaban J connectivity index is 1.75. The van der Waals surface area contributed by atoms with Crippen LogP contribution in [-0.2, 0) is 6.18 Å². The zero-order valence-electron chi connectivity index (χ0n) is 14.2. The second kappa shape index (κ2) is 6.70. The number of alkyl halides is 3. The first-order chi connectivity index (χ1) is 12.9. The number of piperazine rings is 1. The van der Waals surface area contributed by atoms with Gasteiger partial charge in [-0.25, -0.2) is 9.78 Å². The molecule has 3 heterocycles. The zero-order chi connectivity index (χ0) is 19.0. The molecule has 1 N–H and O–H groups in total. The molecule has 0 unspecified atom stereocenters. The molecule has 8 heteroatoms. The normalized spacial score (nSPS) is 15.3. The lowest BCUT2D eigenvalue weighted by Crippen LogP contribution is -2.43.